The van der Waals surface area contributed by atoms with Crippen LogP contribution in [0.4, 0.5) is 0 Å². The van der Waals surface area contributed by atoms with E-state index in [9.17, 15) is 24.9 Å². The highest BCUT2D eigenvalue weighted by molar-refractivity contribution is 6.26. The first-order valence-electron chi connectivity index (χ1n) is 7.75. The van der Waals surface area contributed by atoms with Crippen LogP contribution in [0, 0.1) is 0 Å². The Morgan fingerprint density at radius 1 is 1.00 bits per heavy atom. The average Bonchev–Trinajstić information content (AvgIpc) is 3.06. The van der Waals surface area contributed by atoms with E-state index in [0.717, 1.165) is 4.68 Å². The van der Waals surface area contributed by atoms with Crippen molar-refractivity contribution >= 4 is 11.6 Å². The van der Waals surface area contributed by atoms with Crippen molar-refractivity contribution in [2.24, 2.45) is 0 Å². The predicted octanol–water partition coefficient (Wildman–Crippen LogP) is -0.947. The van der Waals surface area contributed by atoms with Crippen molar-refractivity contribution in [2.75, 3.05) is 0 Å². The molecule has 5 atom stereocenters. The van der Waals surface area contributed by atoms with Crippen LogP contribution in [0.1, 0.15) is 45.3 Å². The molecular formula is C16H15N3O6. The molecule has 3 N–H and O–H groups in total. The van der Waals surface area contributed by atoms with Crippen LogP contribution < -0.4 is 0 Å². The molecule has 0 unspecified atom stereocenters. The second-order valence-corrected chi connectivity index (χ2v) is 6.14. The number of carbonyl (C=O) groups is 2. The van der Waals surface area contributed by atoms with Gasteiger partial charge in [0.15, 0.2) is 11.9 Å². The van der Waals surface area contributed by atoms with Gasteiger partial charge in [-0.05, 0) is 6.92 Å². The third-order valence-electron chi connectivity index (χ3n) is 4.61. The van der Waals surface area contributed by atoms with Gasteiger partial charge in [-0.25, -0.2) is 4.68 Å². The number of carbonyl (C=O) groups excluding carboxylic acids is 2. The third-order valence-corrected chi connectivity index (χ3v) is 4.61. The van der Waals surface area contributed by atoms with Crippen molar-refractivity contribution in [3.63, 3.8) is 0 Å². The summed E-state index contributed by atoms with van der Waals surface area (Å²) in [5.41, 5.74) is 0.208. The summed E-state index contributed by atoms with van der Waals surface area (Å²) in [6.07, 6.45) is -6.40. The Morgan fingerprint density at radius 3 is 2.32 bits per heavy atom. The summed E-state index contributed by atoms with van der Waals surface area (Å²) in [5.74, 6) is -0.922. The van der Waals surface area contributed by atoms with E-state index >= 15 is 0 Å². The molecule has 1 fully saturated rings. The zero-order valence-corrected chi connectivity index (χ0v) is 13.1. The lowest BCUT2D eigenvalue weighted by molar-refractivity contribution is -0.243. The van der Waals surface area contributed by atoms with Crippen LogP contribution in [0.25, 0.3) is 0 Å². The smallest absolute Gasteiger partial charge is 0.216 e. The van der Waals surface area contributed by atoms with E-state index in [0.29, 0.717) is 0 Å². The van der Waals surface area contributed by atoms with Crippen molar-refractivity contribution in [1.29, 1.82) is 0 Å². The maximum Gasteiger partial charge on any atom is 0.216 e. The Balaban J connectivity index is 1.81. The molecule has 1 aliphatic carbocycles. The van der Waals surface area contributed by atoms with Crippen molar-refractivity contribution in [3.05, 3.63) is 46.8 Å². The number of aliphatic hydroxyl groups is 3. The van der Waals surface area contributed by atoms with E-state index in [-0.39, 0.29) is 22.5 Å². The molecule has 4 rings (SSSR count). The monoisotopic (exact) mass is 345 g/mol. The number of aliphatic hydroxyl groups excluding tert-OH is 3. The molecule has 2 aromatic rings. The number of ketones is 2. The first-order valence-corrected chi connectivity index (χ1v) is 7.75. The number of fused-ring (bicyclic) bond motifs is 2. The minimum absolute atomic E-state index is 0.108. The Labute approximate surface area is 141 Å². The molecule has 1 aromatic heterocycles. The summed E-state index contributed by atoms with van der Waals surface area (Å²) in [6.45, 7) is 1.51. The van der Waals surface area contributed by atoms with Gasteiger partial charge in [0.1, 0.15) is 24.0 Å². The van der Waals surface area contributed by atoms with Gasteiger partial charge in [0.2, 0.25) is 11.6 Å². The molecule has 25 heavy (non-hydrogen) atoms. The molecule has 1 saturated heterocycles. The minimum atomic E-state index is -1.54. The zero-order valence-electron chi connectivity index (χ0n) is 13.1. The number of aromatic nitrogens is 3. The zero-order chi connectivity index (χ0) is 17.9. The lowest BCUT2D eigenvalue weighted by Crippen LogP contribution is -2.55. The summed E-state index contributed by atoms with van der Waals surface area (Å²) in [4.78, 5) is 25.4. The summed E-state index contributed by atoms with van der Waals surface area (Å²) >= 11 is 0. The quantitative estimate of drug-likeness (QED) is 0.514. The molecule has 0 bridgehead atoms. The molecule has 0 amide bonds. The van der Waals surface area contributed by atoms with E-state index in [1.807, 2.05) is 0 Å². The maximum atomic E-state index is 12.8. The van der Waals surface area contributed by atoms with Gasteiger partial charge in [-0.15, -0.1) is 5.10 Å². The van der Waals surface area contributed by atoms with Crippen LogP contribution >= 0.6 is 0 Å². The molecule has 9 heteroatoms. The Hall–Kier alpha value is -2.46. The Bertz CT molecular complexity index is 879. The summed E-state index contributed by atoms with van der Waals surface area (Å²) in [6, 6.07) is 6.34. The van der Waals surface area contributed by atoms with Crippen LogP contribution in [0.2, 0.25) is 0 Å². The van der Waals surface area contributed by atoms with Gasteiger partial charge in [-0.1, -0.05) is 29.5 Å². The fourth-order valence-electron chi connectivity index (χ4n) is 3.20. The minimum Gasteiger partial charge on any atom is -0.388 e. The van der Waals surface area contributed by atoms with Crippen LogP contribution in [0.3, 0.4) is 0 Å². The topological polar surface area (TPSA) is 135 Å². The Kier molecular flexibility index (Phi) is 3.55. The van der Waals surface area contributed by atoms with E-state index < -0.39 is 42.2 Å². The number of hydrogen-bond donors (Lipinski definition) is 3. The second kappa shape index (κ2) is 5.53. The number of ether oxygens (including phenoxy) is 1. The van der Waals surface area contributed by atoms with Crippen LogP contribution in [0.5, 0.6) is 0 Å². The second-order valence-electron chi connectivity index (χ2n) is 6.14. The van der Waals surface area contributed by atoms with Gasteiger partial charge in [0.05, 0.1) is 6.10 Å². The van der Waals surface area contributed by atoms with Gasteiger partial charge in [0.25, 0.3) is 0 Å². The van der Waals surface area contributed by atoms with Crippen LogP contribution in [0.15, 0.2) is 24.3 Å². The fourth-order valence-corrected chi connectivity index (χ4v) is 3.20. The molecule has 0 radical (unpaired) electrons. The van der Waals surface area contributed by atoms with Crippen molar-refractivity contribution in [3.8, 4) is 0 Å². The fraction of sp³-hybridized carbons (Fsp3) is 0.375. The first-order chi connectivity index (χ1) is 11.9. The van der Waals surface area contributed by atoms with Gasteiger partial charge in [-0.2, -0.15) is 0 Å². The van der Waals surface area contributed by atoms with Gasteiger partial charge in [0, 0.05) is 11.1 Å². The third kappa shape index (κ3) is 2.17. The lowest BCUT2D eigenvalue weighted by Gasteiger charge is -2.39. The van der Waals surface area contributed by atoms with Gasteiger partial charge in [-0.3, -0.25) is 9.59 Å². The molecular weight excluding hydrogens is 330 g/mol. The summed E-state index contributed by atoms with van der Waals surface area (Å²) in [7, 11) is 0. The summed E-state index contributed by atoms with van der Waals surface area (Å²) in [5, 5.41) is 37.6. The van der Waals surface area contributed by atoms with Crippen molar-refractivity contribution in [2.45, 2.75) is 37.6 Å². The molecule has 1 aliphatic heterocycles. The molecule has 0 spiro atoms. The highest BCUT2D eigenvalue weighted by Gasteiger charge is 2.46. The highest BCUT2D eigenvalue weighted by atomic mass is 16.5. The number of hydrogen-bond acceptors (Lipinski definition) is 8. The standard InChI is InChI=1S/C16H15N3O6/c1-6-11(20)14(23)15(24)16(25-6)19-10-9(17-18-19)12(21)7-4-2-3-5-8(7)13(10)22/h2-6,11,14-16,20,23-24H,1H3/t6-,11-,14+,15+,16+/m1/s1. The SMILES string of the molecule is C[C@H]1O[C@H](n2nnc3c2C(=O)c2ccccc2C3=O)[C@@H](O)[C@@H](O)[C@@H]1O. The first kappa shape index (κ1) is 16.0. The molecule has 9 nitrogen and oxygen atoms in total. The Morgan fingerprint density at radius 2 is 1.64 bits per heavy atom. The van der Waals surface area contributed by atoms with Crippen LogP contribution in [-0.2, 0) is 4.74 Å². The number of benzene rings is 1. The number of nitrogens with zero attached hydrogens (tertiary/aromatic N) is 3. The molecule has 1 aromatic carbocycles. The van der Waals surface area contributed by atoms with Crippen molar-refractivity contribution in [1.82, 2.24) is 15.0 Å². The van der Waals surface area contributed by atoms with E-state index in [4.69, 9.17) is 4.74 Å². The van der Waals surface area contributed by atoms with Gasteiger partial charge >= 0.3 is 0 Å². The van der Waals surface area contributed by atoms with Gasteiger partial charge < -0.3 is 20.1 Å². The molecule has 0 saturated carbocycles. The molecule has 130 valence electrons. The molecule has 2 heterocycles. The highest BCUT2D eigenvalue weighted by Crippen LogP contribution is 2.32. The average molecular weight is 345 g/mol. The lowest BCUT2D eigenvalue weighted by atomic mass is 9.90. The molecule has 2 aliphatic rings. The van der Waals surface area contributed by atoms with Crippen molar-refractivity contribution < 1.29 is 29.6 Å². The summed E-state index contributed by atoms with van der Waals surface area (Å²) < 4.78 is 6.50. The largest absolute Gasteiger partial charge is 0.388 e. The normalized spacial score (nSPS) is 31.6. The predicted molar refractivity (Wildman–Crippen MR) is 80.9 cm³/mol. The van der Waals surface area contributed by atoms with E-state index in [2.05, 4.69) is 10.3 Å². The van der Waals surface area contributed by atoms with E-state index in [1.54, 1.807) is 12.1 Å². The number of rotatable bonds is 1. The maximum absolute atomic E-state index is 12.8. The van der Waals surface area contributed by atoms with Crippen LogP contribution in [-0.4, -0.2) is 66.3 Å². The van der Waals surface area contributed by atoms with E-state index in [1.165, 1.54) is 19.1 Å².